The minimum absolute atomic E-state index is 0.230. The molecule has 1 heterocycles. The molecule has 1 aliphatic carbocycles. The van der Waals surface area contributed by atoms with E-state index in [1.54, 1.807) is 14.2 Å². The monoisotopic (exact) mass is 270 g/mol. The van der Waals surface area contributed by atoms with Gasteiger partial charge >= 0.3 is 0 Å². The maximum absolute atomic E-state index is 5.52. The summed E-state index contributed by atoms with van der Waals surface area (Å²) in [5.41, 5.74) is 0. The summed E-state index contributed by atoms with van der Waals surface area (Å²) < 4.78 is 11.0. The van der Waals surface area contributed by atoms with Gasteiger partial charge in [0.2, 0.25) is 0 Å². The molecule has 0 bridgehead atoms. The molecule has 1 saturated heterocycles. The zero-order valence-electron chi connectivity index (χ0n) is 12.7. The number of rotatable bonds is 6. The summed E-state index contributed by atoms with van der Waals surface area (Å²) in [5, 5.41) is 3.54. The molecule has 19 heavy (non-hydrogen) atoms. The van der Waals surface area contributed by atoms with Crippen molar-refractivity contribution in [3.8, 4) is 0 Å². The first-order valence-corrected chi connectivity index (χ1v) is 7.73. The molecule has 1 aliphatic heterocycles. The highest BCUT2D eigenvalue weighted by Gasteiger charge is 2.35. The summed E-state index contributed by atoms with van der Waals surface area (Å²) in [6.07, 6.45) is 7.48. The minimum Gasteiger partial charge on any atom is -0.377 e. The Balaban J connectivity index is 1.84. The fourth-order valence-corrected chi connectivity index (χ4v) is 3.71. The maximum Gasteiger partial charge on any atom is 0.0971 e. The Hall–Kier alpha value is -0.160. The molecule has 2 rings (SSSR count). The third-order valence-electron chi connectivity index (χ3n) is 4.94. The molecular formula is C15H30N2O2. The Bertz CT molecular complexity index is 245. The number of hydrogen-bond donors (Lipinski definition) is 1. The zero-order valence-corrected chi connectivity index (χ0v) is 12.7. The first kappa shape index (κ1) is 15.2. The van der Waals surface area contributed by atoms with Gasteiger partial charge in [0, 0.05) is 39.9 Å². The molecule has 0 aromatic rings. The predicted octanol–water partition coefficient (Wildman–Crippen LogP) is 1.50. The van der Waals surface area contributed by atoms with Gasteiger partial charge in [0.05, 0.1) is 12.2 Å². The fourth-order valence-electron chi connectivity index (χ4n) is 3.71. The van der Waals surface area contributed by atoms with E-state index in [0.29, 0.717) is 6.04 Å². The summed E-state index contributed by atoms with van der Waals surface area (Å²) in [4.78, 5) is 2.50. The molecule has 0 amide bonds. The van der Waals surface area contributed by atoms with Crippen LogP contribution in [0.1, 0.15) is 32.1 Å². The number of ether oxygens (including phenoxy) is 2. The van der Waals surface area contributed by atoms with Crippen LogP contribution in [0.3, 0.4) is 0 Å². The van der Waals surface area contributed by atoms with Crippen LogP contribution >= 0.6 is 0 Å². The van der Waals surface area contributed by atoms with Crippen molar-refractivity contribution in [3.63, 3.8) is 0 Å². The first-order chi connectivity index (χ1) is 9.28. The van der Waals surface area contributed by atoms with Gasteiger partial charge in [-0.3, -0.25) is 4.90 Å². The summed E-state index contributed by atoms with van der Waals surface area (Å²) in [7, 11) is 5.69. The fraction of sp³-hybridized carbons (Fsp3) is 1.00. The molecule has 1 N–H and O–H groups in total. The van der Waals surface area contributed by atoms with Gasteiger partial charge in [-0.1, -0.05) is 19.3 Å². The molecule has 0 aromatic carbocycles. The molecule has 2 fully saturated rings. The smallest absolute Gasteiger partial charge is 0.0971 e. The second-order valence-electron chi connectivity index (χ2n) is 6.06. The normalized spacial score (nSPS) is 31.7. The van der Waals surface area contributed by atoms with Gasteiger partial charge in [0.15, 0.2) is 0 Å². The molecule has 3 atom stereocenters. The molecule has 0 radical (unpaired) electrons. The van der Waals surface area contributed by atoms with E-state index >= 15 is 0 Å². The van der Waals surface area contributed by atoms with Gasteiger partial charge in [-0.15, -0.1) is 0 Å². The second kappa shape index (κ2) is 7.58. The molecule has 0 aromatic heterocycles. The van der Waals surface area contributed by atoms with Crippen molar-refractivity contribution in [1.29, 1.82) is 0 Å². The highest BCUT2D eigenvalue weighted by atomic mass is 16.5. The van der Waals surface area contributed by atoms with Crippen molar-refractivity contribution < 1.29 is 9.47 Å². The highest BCUT2D eigenvalue weighted by Crippen LogP contribution is 2.27. The second-order valence-corrected chi connectivity index (χ2v) is 6.06. The summed E-state index contributed by atoms with van der Waals surface area (Å²) >= 11 is 0. The standard InChI is InChI=1S/C15H30N2O2/c1-16-13(12-7-5-4-6-8-12)9-17-10-14(18-2)15(11-17)19-3/h12-16H,4-11H2,1-3H3. The average molecular weight is 270 g/mol. The lowest BCUT2D eigenvalue weighted by Crippen LogP contribution is -2.44. The first-order valence-electron chi connectivity index (χ1n) is 7.73. The Morgan fingerprint density at radius 1 is 1.05 bits per heavy atom. The largest absolute Gasteiger partial charge is 0.377 e. The summed E-state index contributed by atoms with van der Waals surface area (Å²) in [5.74, 6) is 0.848. The van der Waals surface area contributed by atoms with Crippen LogP contribution in [-0.2, 0) is 9.47 Å². The van der Waals surface area contributed by atoms with Crippen molar-refractivity contribution >= 4 is 0 Å². The number of nitrogens with zero attached hydrogens (tertiary/aromatic N) is 1. The molecule has 112 valence electrons. The molecule has 4 heteroatoms. The maximum atomic E-state index is 5.52. The summed E-state index contributed by atoms with van der Waals surface area (Å²) in [6, 6.07) is 0.619. The van der Waals surface area contributed by atoms with Gasteiger partial charge < -0.3 is 14.8 Å². The lowest BCUT2D eigenvalue weighted by molar-refractivity contribution is -0.00461. The summed E-state index contributed by atoms with van der Waals surface area (Å²) in [6.45, 7) is 3.13. The Labute approximate surface area is 117 Å². The van der Waals surface area contributed by atoms with E-state index in [1.165, 1.54) is 32.1 Å². The van der Waals surface area contributed by atoms with Crippen LogP contribution in [0.4, 0.5) is 0 Å². The Morgan fingerprint density at radius 3 is 2.11 bits per heavy atom. The number of hydrogen-bond acceptors (Lipinski definition) is 4. The van der Waals surface area contributed by atoms with Crippen molar-refractivity contribution in [2.45, 2.75) is 50.4 Å². The molecule has 0 spiro atoms. The topological polar surface area (TPSA) is 33.7 Å². The van der Waals surface area contributed by atoms with E-state index in [-0.39, 0.29) is 12.2 Å². The molecule has 1 saturated carbocycles. The van der Waals surface area contributed by atoms with E-state index in [9.17, 15) is 0 Å². The van der Waals surface area contributed by atoms with E-state index in [2.05, 4.69) is 17.3 Å². The Morgan fingerprint density at radius 2 is 1.63 bits per heavy atom. The van der Waals surface area contributed by atoms with E-state index in [1.807, 2.05) is 0 Å². The van der Waals surface area contributed by atoms with Crippen LogP contribution in [0.15, 0.2) is 0 Å². The van der Waals surface area contributed by atoms with Gasteiger partial charge in [0.1, 0.15) is 0 Å². The molecular weight excluding hydrogens is 240 g/mol. The van der Waals surface area contributed by atoms with Gasteiger partial charge in [-0.05, 0) is 25.8 Å². The molecule has 2 aliphatic rings. The molecule has 4 nitrogen and oxygen atoms in total. The zero-order chi connectivity index (χ0) is 13.7. The third kappa shape index (κ3) is 3.91. The Kier molecular flexibility index (Phi) is 6.07. The van der Waals surface area contributed by atoms with Crippen LogP contribution < -0.4 is 5.32 Å². The quantitative estimate of drug-likeness (QED) is 0.793. The highest BCUT2D eigenvalue weighted by molar-refractivity contribution is 4.89. The van der Waals surface area contributed by atoms with E-state index < -0.39 is 0 Å². The van der Waals surface area contributed by atoms with Crippen LogP contribution in [0, 0.1) is 5.92 Å². The number of likely N-dealkylation sites (tertiary alicyclic amines) is 1. The van der Waals surface area contributed by atoms with Crippen LogP contribution in [0.25, 0.3) is 0 Å². The van der Waals surface area contributed by atoms with Gasteiger partial charge in [-0.2, -0.15) is 0 Å². The van der Waals surface area contributed by atoms with Crippen molar-refractivity contribution in [2.24, 2.45) is 5.92 Å². The van der Waals surface area contributed by atoms with Gasteiger partial charge in [-0.25, -0.2) is 0 Å². The van der Waals surface area contributed by atoms with Crippen molar-refractivity contribution in [2.75, 3.05) is 40.9 Å². The van der Waals surface area contributed by atoms with Crippen LogP contribution in [-0.4, -0.2) is 64.1 Å². The minimum atomic E-state index is 0.230. The predicted molar refractivity (Wildman–Crippen MR) is 77.5 cm³/mol. The SMILES string of the molecule is CNC(CN1CC(OC)C(OC)C1)C1CCCCC1. The average Bonchev–Trinajstić information content (AvgIpc) is 2.87. The van der Waals surface area contributed by atoms with E-state index in [4.69, 9.17) is 9.47 Å². The molecule has 3 unspecified atom stereocenters. The van der Waals surface area contributed by atoms with E-state index in [0.717, 1.165) is 25.6 Å². The van der Waals surface area contributed by atoms with Crippen molar-refractivity contribution in [3.05, 3.63) is 0 Å². The van der Waals surface area contributed by atoms with Gasteiger partial charge in [0.25, 0.3) is 0 Å². The van der Waals surface area contributed by atoms with Crippen LogP contribution in [0.5, 0.6) is 0 Å². The lowest BCUT2D eigenvalue weighted by atomic mass is 9.83. The lowest BCUT2D eigenvalue weighted by Gasteiger charge is -2.32. The third-order valence-corrected chi connectivity index (χ3v) is 4.94. The van der Waals surface area contributed by atoms with Crippen LogP contribution in [0.2, 0.25) is 0 Å². The van der Waals surface area contributed by atoms with Crippen molar-refractivity contribution in [1.82, 2.24) is 10.2 Å². The number of nitrogens with one attached hydrogen (secondary N) is 1. The number of methoxy groups -OCH3 is 2. The number of likely N-dealkylation sites (N-methyl/N-ethyl adjacent to an activating group) is 1.